The molecular weight excluding hydrogens is 212 g/mol. The third kappa shape index (κ3) is 3.32. The molecule has 0 bridgehead atoms. The molecule has 0 saturated heterocycles. The SMILES string of the molecule is CCCOS(=O)(=O)c1cc(C)cc(C)c1. The van der Waals surface area contributed by atoms with Gasteiger partial charge in [0.25, 0.3) is 10.1 Å². The van der Waals surface area contributed by atoms with Crippen LogP contribution in [0.2, 0.25) is 0 Å². The summed E-state index contributed by atoms with van der Waals surface area (Å²) in [5.74, 6) is 0. The molecule has 4 heteroatoms. The van der Waals surface area contributed by atoms with E-state index in [2.05, 4.69) is 0 Å². The van der Waals surface area contributed by atoms with Gasteiger partial charge in [0.15, 0.2) is 0 Å². The molecule has 0 aliphatic carbocycles. The van der Waals surface area contributed by atoms with E-state index in [1.54, 1.807) is 12.1 Å². The normalized spacial score (nSPS) is 11.7. The second-order valence-corrected chi connectivity index (χ2v) is 5.21. The fourth-order valence-corrected chi connectivity index (χ4v) is 2.52. The van der Waals surface area contributed by atoms with Crippen LogP contribution in [-0.2, 0) is 14.3 Å². The summed E-state index contributed by atoms with van der Waals surface area (Å²) in [5.41, 5.74) is 1.85. The topological polar surface area (TPSA) is 43.4 Å². The fraction of sp³-hybridized carbons (Fsp3) is 0.455. The Morgan fingerprint density at radius 1 is 1.13 bits per heavy atom. The first-order chi connectivity index (χ1) is 6.95. The lowest BCUT2D eigenvalue weighted by molar-refractivity contribution is 0.318. The van der Waals surface area contributed by atoms with Crippen LogP contribution in [0, 0.1) is 13.8 Å². The molecule has 0 amide bonds. The van der Waals surface area contributed by atoms with Crippen LogP contribution in [0.1, 0.15) is 24.5 Å². The van der Waals surface area contributed by atoms with Crippen LogP contribution < -0.4 is 0 Å². The minimum Gasteiger partial charge on any atom is -0.266 e. The Labute approximate surface area is 91.2 Å². The molecule has 15 heavy (non-hydrogen) atoms. The van der Waals surface area contributed by atoms with Crippen molar-refractivity contribution in [2.24, 2.45) is 0 Å². The van der Waals surface area contributed by atoms with Gasteiger partial charge in [0.1, 0.15) is 0 Å². The highest BCUT2D eigenvalue weighted by Gasteiger charge is 2.14. The zero-order valence-corrected chi connectivity index (χ0v) is 10.1. The van der Waals surface area contributed by atoms with Crippen molar-refractivity contribution in [3.63, 3.8) is 0 Å². The molecule has 0 fully saturated rings. The Morgan fingerprint density at radius 2 is 1.67 bits per heavy atom. The highest BCUT2D eigenvalue weighted by molar-refractivity contribution is 7.86. The predicted molar refractivity (Wildman–Crippen MR) is 59.3 cm³/mol. The van der Waals surface area contributed by atoms with Crippen molar-refractivity contribution in [1.29, 1.82) is 0 Å². The molecule has 1 aromatic carbocycles. The second-order valence-electron chi connectivity index (χ2n) is 3.60. The van der Waals surface area contributed by atoms with Gasteiger partial charge >= 0.3 is 0 Å². The molecule has 0 saturated carbocycles. The smallest absolute Gasteiger partial charge is 0.266 e. The molecule has 0 spiro atoms. The Hall–Kier alpha value is -0.870. The van der Waals surface area contributed by atoms with Gasteiger partial charge in [-0.15, -0.1) is 0 Å². The first kappa shape index (κ1) is 12.2. The third-order valence-corrected chi connectivity index (χ3v) is 3.22. The van der Waals surface area contributed by atoms with Crippen LogP contribution in [0.5, 0.6) is 0 Å². The summed E-state index contributed by atoms with van der Waals surface area (Å²) >= 11 is 0. The van der Waals surface area contributed by atoms with Crippen LogP contribution in [0.3, 0.4) is 0 Å². The van der Waals surface area contributed by atoms with Gasteiger partial charge in [-0.3, -0.25) is 4.18 Å². The number of aryl methyl sites for hydroxylation is 2. The molecule has 1 rings (SSSR count). The Balaban J connectivity index is 3.04. The van der Waals surface area contributed by atoms with Crippen molar-refractivity contribution in [3.05, 3.63) is 29.3 Å². The van der Waals surface area contributed by atoms with Gasteiger partial charge in [-0.2, -0.15) is 8.42 Å². The van der Waals surface area contributed by atoms with E-state index in [1.165, 1.54) is 0 Å². The molecule has 84 valence electrons. The lowest BCUT2D eigenvalue weighted by Crippen LogP contribution is -2.07. The number of hydrogen-bond acceptors (Lipinski definition) is 3. The summed E-state index contributed by atoms with van der Waals surface area (Å²) in [5, 5.41) is 0. The maximum absolute atomic E-state index is 11.7. The molecule has 0 unspecified atom stereocenters. The standard InChI is InChI=1S/C11H16O3S/c1-4-5-14-15(12,13)11-7-9(2)6-10(3)8-11/h6-8H,4-5H2,1-3H3. The highest BCUT2D eigenvalue weighted by atomic mass is 32.2. The van der Waals surface area contributed by atoms with E-state index in [1.807, 2.05) is 26.8 Å². The summed E-state index contributed by atoms with van der Waals surface area (Å²) in [4.78, 5) is 0.244. The minimum absolute atomic E-state index is 0.231. The average molecular weight is 228 g/mol. The molecular formula is C11H16O3S. The molecule has 0 atom stereocenters. The molecule has 0 heterocycles. The number of benzene rings is 1. The zero-order valence-electron chi connectivity index (χ0n) is 9.28. The lowest BCUT2D eigenvalue weighted by Gasteiger charge is -2.06. The number of rotatable bonds is 4. The van der Waals surface area contributed by atoms with Crippen molar-refractivity contribution in [2.45, 2.75) is 32.1 Å². The summed E-state index contributed by atoms with van der Waals surface area (Å²) in [7, 11) is -3.57. The van der Waals surface area contributed by atoms with Crippen molar-refractivity contribution < 1.29 is 12.6 Å². The molecule has 0 aliphatic heterocycles. The summed E-state index contributed by atoms with van der Waals surface area (Å²) in [6.07, 6.45) is 0.685. The van der Waals surface area contributed by atoms with E-state index in [-0.39, 0.29) is 11.5 Å². The Morgan fingerprint density at radius 3 is 2.13 bits per heavy atom. The van der Waals surface area contributed by atoms with E-state index >= 15 is 0 Å². The predicted octanol–water partition coefficient (Wildman–Crippen LogP) is 2.42. The van der Waals surface area contributed by atoms with Gasteiger partial charge in [-0.1, -0.05) is 13.0 Å². The van der Waals surface area contributed by atoms with E-state index in [0.29, 0.717) is 6.42 Å². The van der Waals surface area contributed by atoms with E-state index in [4.69, 9.17) is 4.18 Å². The molecule has 1 aromatic rings. The molecule has 0 aliphatic rings. The Bertz CT molecular complexity index is 415. The molecule has 0 radical (unpaired) electrons. The largest absolute Gasteiger partial charge is 0.296 e. The van der Waals surface area contributed by atoms with Crippen LogP contribution in [0.15, 0.2) is 23.1 Å². The zero-order chi connectivity index (χ0) is 11.5. The van der Waals surface area contributed by atoms with Crippen molar-refractivity contribution >= 4 is 10.1 Å². The Kier molecular flexibility index (Phi) is 3.88. The monoisotopic (exact) mass is 228 g/mol. The summed E-state index contributed by atoms with van der Waals surface area (Å²) in [6, 6.07) is 5.18. The summed E-state index contributed by atoms with van der Waals surface area (Å²) in [6.45, 7) is 5.84. The second kappa shape index (κ2) is 4.77. The first-order valence-electron chi connectivity index (χ1n) is 4.93. The van der Waals surface area contributed by atoms with Crippen LogP contribution in [-0.4, -0.2) is 15.0 Å². The quantitative estimate of drug-likeness (QED) is 0.743. The van der Waals surface area contributed by atoms with Crippen LogP contribution in [0.4, 0.5) is 0 Å². The minimum atomic E-state index is -3.57. The average Bonchev–Trinajstić information content (AvgIpc) is 2.13. The van der Waals surface area contributed by atoms with Gasteiger partial charge in [0.05, 0.1) is 11.5 Å². The van der Waals surface area contributed by atoms with Crippen molar-refractivity contribution in [3.8, 4) is 0 Å². The third-order valence-electron chi connectivity index (χ3n) is 1.93. The van der Waals surface area contributed by atoms with Gasteiger partial charge in [-0.05, 0) is 43.5 Å². The molecule has 0 aromatic heterocycles. The fourth-order valence-electron chi connectivity index (χ4n) is 1.34. The summed E-state index contributed by atoms with van der Waals surface area (Å²) < 4.78 is 28.2. The van der Waals surface area contributed by atoms with Crippen molar-refractivity contribution in [1.82, 2.24) is 0 Å². The van der Waals surface area contributed by atoms with Gasteiger partial charge in [0, 0.05) is 0 Å². The maximum atomic E-state index is 11.7. The van der Waals surface area contributed by atoms with Crippen molar-refractivity contribution in [2.75, 3.05) is 6.61 Å². The van der Waals surface area contributed by atoms with E-state index < -0.39 is 10.1 Å². The maximum Gasteiger partial charge on any atom is 0.296 e. The van der Waals surface area contributed by atoms with Gasteiger partial charge < -0.3 is 0 Å². The highest BCUT2D eigenvalue weighted by Crippen LogP contribution is 2.16. The lowest BCUT2D eigenvalue weighted by atomic mass is 10.2. The van der Waals surface area contributed by atoms with E-state index in [9.17, 15) is 8.42 Å². The van der Waals surface area contributed by atoms with Crippen LogP contribution in [0.25, 0.3) is 0 Å². The molecule has 0 N–H and O–H groups in total. The van der Waals surface area contributed by atoms with Crippen LogP contribution >= 0.6 is 0 Å². The number of hydrogen-bond donors (Lipinski definition) is 0. The molecule has 3 nitrogen and oxygen atoms in total. The van der Waals surface area contributed by atoms with E-state index in [0.717, 1.165) is 11.1 Å². The van der Waals surface area contributed by atoms with Gasteiger partial charge in [-0.25, -0.2) is 0 Å². The van der Waals surface area contributed by atoms with Gasteiger partial charge in [0.2, 0.25) is 0 Å². The first-order valence-corrected chi connectivity index (χ1v) is 6.34.